The molecule has 1 aromatic carbocycles. The lowest BCUT2D eigenvalue weighted by Crippen LogP contribution is -2.58. The van der Waals surface area contributed by atoms with E-state index >= 15 is 0 Å². The van der Waals surface area contributed by atoms with Crippen LogP contribution in [0.4, 0.5) is 4.79 Å². The fourth-order valence-corrected chi connectivity index (χ4v) is 6.32. The van der Waals surface area contributed by atoms with Crippen molar-refractivity contribution < 1.29 is 29.0 Å². The Labute approximate surface area is 232 Å². The van der Waals surface area contributed by atoms with E-state index in [2.05, 4.69) is 48.2 Å². The maximum absolute atomic E-state index is 13.8. The Balaban J connectivity index is 1.77. The van der Waals surface area contributed by atoms with E-state index in [1.165, 1.54) is 4.90 Å². The number of rotatable bonds is 1. The number of amides is 2. The molecule has 4 rings (SSSR count). The van der Waals surface area contributed by atoms with Gasteiger partial charge in [0, 0.05) is 17.1 Å². The number of halogens is 2. The third kappa shape index (κ3) is 5.87. The fourth-order valence-electron chi connectivity index (χ4n) is 4.78. The molecule has 9 nitrogen and oxygen atoms in total. The van der Waals surface area contributed by atoms with Crippen molar-refractivity contribution in [3.63, 3.8) is 0 Å². The van der Waals surface area contributed by atoms with Crippen LogP contribution in [0, 0.1) is 5.41 Å². The van der Waals surface area contributed by atoms with Crippen molar-refractivity contribution >= 4 is 60.6 Å². The summed E-state index contributed by atoms with van der Waals surface area (Å²) in [5.41, 5.74) is 0.393. The number of carbonyl (C=O) groups is 3. The highest BCUT2D eigenvalue weighted by atomic mass is 79.9. The number of alkyl halides is 1. The van der Waals surface area contributed by atoms with Crippen LogP contribution in [0.2, 0.25) is 0 Å². The Morgan fingerprint density at radius 3 is 2.65 bits per heavy atom. The summed E-state index contributed by atoms with van der Waals surface area (Å²) in [6.07, 6.45) is 3.56. The first-order valence-corrected chi connectivity index (χ1v) is 14.0. The van der Waals surface area contributed by atoms with Crippen LogP contribution in [0.25, 0.3) is 10.8 Å². The number of aryl methyl sites for hydroxylation is 1. The Hall–Kier alpha value is -2.40. The van der Waals surface area contributed by atoms with Crippen LogP contribution in [0.3, 0.4) is 0 Å². The van der Waals surface area contributed by atoms with Gasteiger partial charge in [-0.25, -0.2) is 14.6 Å². The van der Waals surface area contributed by atoms with E-state index in [1.807, 2.05) is 12.1 Å². The molecule has 2 amide bonds. The highest BCUT2D eigenvalue weighted by Crippen LogP contribution is 2.39. The van der Waals surface area contributed by atoms with E-state index in [9.17, 15) is 19.5 Å². The summed E-state index contributed by atoms with van der Waals surface area (Å²) < 4.78 is 12.6. The summed E-state index contributed by atoms with van der Waals surface area (Å²) in [5, 5.41) is 14.4. The first-order chi connectivity index (χ1) is 17.5. The maximum atomic E-state index is 13.8. The molecule has 2 aliphatic rings. The van der Waals surface area contributed by atoms with Crippen LogP contribution in [-0.2, 0) is 20.7 Å². The van der Waals surface area contributed by atoms with E-state index in [-0.39, 0.29) is 13.0 Å². The van der Waals surface area contributed by atoms with Crippen LogP contribution in [-0.4, -0.2) is 62.7 Å². The molecule has 0 radical (unpaired) electrons. The molecule has 3 heterocycles. The number of carboxylic acid groups (broad SMARTS) is 1. The predicted octanol–water partition coefficient (Wildman–Crippen LogP) is 5.02. The summed E-state index contributed by atoms with van der Waals surface area (Å²) in [4.78, 5) is 43.6. The molecule has 37 heavy (non-hydrogen) atoms. The van der Waals surface area contributed by atoms with Gasteiger partial charge in [-0.1, -0.05) is 48.8 Å². The second kappa shape index (κ2) is 11.1. The number of carbonyl (C=O) groups excluding carboxylic acids is 2. The van der Waals surface area contributed by atoms with Gasteiger partial charge in [0.2, 0.25) is 11.8 Å². The lowest BCUT2D eigenvalue weighted by molar-refractivity contribution is -0.150. The molecule has 2 aromatic rings. The van der Waals surface area contributed by atoms with Gasteiger partial charge in [-0.05, 0) is 64.0 Å². The average molecular weight is 641 g/mol. The van der Waals surface area contributed by atoms with Crippen molar-refractivity contribution in [2.24, 2.45) is 5.41 Å². The van der Waals surface area contributed by atoms with Crippen molar-refractivity contribution in [1.29, 1.82) is 0 Å². The van der Waals surface area contributed by atoms with Crippen molar-refractivity contribution in [3.8, 4) is 5.88 Å². The lowest BCUT2D eigenvalue weighted by atomic mass is 9.85. The number of hydrogen-bond acceptors (Lipinski definition) is 6. The first kappa shape index (κ1) is 27.6. The van der Waals surface area contributed by atoms with Gasteiger partial charge in [0.25, 0.3) is 0 Å². The van der Waals surface area contributed by atoms with E-state index < -0.39 is 46.5 Å². The molecular weight excluding hydrogens is 610 g/mol. The number of alkyl carbamates (subject to hydrolysis) is 1. The molecule has 0 saturated carbocycles. The molecule has 4 bridgehead atoms. The standard InChI is InChI=1S/C26H31Br2N3O6/c1-26(2,3)20-23(32)31-16(24(33)34)13-17(21(31)28)37-22-18-14(10-11-29-22)8-9-15(19(18)27)7-5-4-6-12-36-25(35)30-20/h8-11,16-17,20-21H,4-7,12-13H2,1-3H3,(H,30,35)(H,33,34)/t16-,17+,20+,21?/m0/s1. The molecule has 1 fully saturated rings. The average Bonchev–Trinajstić information content (AvgIpc) is 3.15. The van der Waals surface area contributed by atoms with Gasteiger partial charge < -0.3 is 24.8 Å². The van der Waals surface area contributed by atoms with Crippen molar-refractivity contribution in [2.45, 2.75) is 76.0 Å². The van der Waals surface area contributed by atoms with E-state index in [4.69, 9.17) is 9.47 Å². The Morgan fingerprint density at radius 2 is 1.95 bits per heavy atom. The minimum Gasteiger partial charge on any atom is -0.480 e. The zero-order valence-corrected chi connectivity index (χ0v) is 24.2. The van der Waals surface area contributed by atoms with E-state index in [0.717, 1.165) is 40.1 Å². The number of aliphatic carboxylic acids is 1. The monoisotopic (exact) mass is 639 g/mol. The third-order valence-corrected chi connectivity index (χ3v) is 8.72. The van der Waals surface area contributed by atoms with Gasteiger partial charge in [-0.15, -0.1) is 0 Å². The number of nitrogens with one attached hydrogen (secondary N) is 1. The Morgan fingerprint density at radius 1 is 1.19 bits per heavy atom. The molecule has 0 spiro atoms. The smallest absolute Gasteiger partial charge is 0.407 e. The molecule has 1 unspecified atom stereocenters. The number of nitrogens with zero attached hydrogens (tertiary/aromatic N) is 2. The highest BCUT2D eigenvalue weighted by molar-refractivity contribution is 9.10. The number of pyridine rings is 1. The summed E-state index contributed by atoms with van der Waals surface area (Å²) in [6.45, 7) is 5.64. The number of aromatic nitrogens is 1. The fraction of sp³-hybridized carbons (Fsp3) is 0.538. The summed E-state index contributed by atoms with van der Waals surface area (Å²) in [6, 6.07) is 3.81. The van der Waals surface area contributed by atoms with Crippen molar-refractivity contribution in [3.05, 3.63) is 34.4 Å². The largest absolute Gasteiger partial charge is 0.480 e. The Kier molecular flexibility index (Phi) is 8.32. The second-order valence-corrected chi connectivity index (χ2v) is 12.2. The molecular formula is C26H31Br2N3O6. The van der Waals surface area contributed by atoms with Crippen LogP contribution in [0.1, 0.15) is 52.0 Å². The second-order valence-electron chi connectivity index (χ2n) is 10.5. The SMILES string of the molecule is CC(C)(C)[C@@H]1NC(=O)OCCCCCc2ccc3ccnc(c3c2Br)O[C@@H]2C[C@@H](C(=O)O)N(C1=O)C2Br. The van der Waals surface area contributed by atoms with Crippen LogP contribution >= 0.6 is 31.9 Å². The third-order valence-electron chi connectivity index (χ3n) is 6.78. The minimum atomic E-state index is -1.15. The number of hydrogen-bond donors (Lipinski definition) is 2. The summed E-state index contributed by atoms with van der Waals surface area (Å²) >= 11 is 7.27. The molecule has 2 aliphatic heterocycles. The zero-order valence-electron chi connectivity index (χ0n) is 21.0. The van der Waals surface area contributed by atoms with Crippen LogP contribution in [0.15, 0.2) is 28.9 Å². The topological polar surface area (TPSA) is 118 Å². The predicted molar refractivity (Wildman–Crippen MR) is 145 cm³/mol. The summed E-state index contributed by atoms with van der Waals surface area (Å²) in [7, 11) is 0. The van der Waals surface area contributed by atoms with Gasteiger partial charge in [0.1, 0.15) is 23.1 Å². The molecule has 11 heteroatoms. The van der Waals surface area contributed by atoms with Gasteiger partial charge in [-0.3, -0.25) is 4.79 Å². The number of carboxylic acids is 1. The first-order valence-electron chi connectivity index (χ1n) is 12.3. The maximum Gasteiger partial charge on any atom is 0.407 e. The number of ether oxygens (including phenoxy) is 2. The van der Waals surface area contributed by atoms with Crippen LogP contribution < -0.4 is 10.1 Å². The van der Waals surface area contributed by atoms with Gasteiger partial charge in [0.05, 0.1) is 12.0 Å². The Bertz CT molecular complexity index is 1200. The molecule has 1 saturated heterocycles. The molecule has 4 atom stereocenters. The number of fused-ring (bicyclic) bond motifs is 3. The normalized spacial score (nSPS) is 25.7. The molecule has 0 aliphatic carbocycles. The van der Waals surface area contributed by atoms with Gasteiger partial charge in [0.15, 0.2) is 0 Å². The number of cyclic esters (lactones) is 1. The van der Waals surface area contributed by atoms with Gasteiger partial charge in [-0.2, -0.15) is 0 Å². The van der Waals surface area contributed by atoms with E-state index in [1.54, 1.807) is 27.0 Å². The van der Waals surface area contributed by atoms with Gasteiger partial charge >= 0.3 is 12.1 Å². The van der Waals surface area contributed by atoms with Crippen LogP contribution in [0.5, 0.6) is 5.88 Å². The minimum absolute atomic E-state index is 0.0493. The summed E-state index contributed by atoms with van der Waals surface area (Å²) in [5.74, 6) is -1.31. The lowest BCUT2D eigenvalue weighted by Gasteiger charge is -2.36. The number of benzene rings is 1. The molecule has 200 valence electrons. The zero-order chi connectivity index (χ0) is 26.9. The molecule has 2 N–H and O–H groups in total. The van der Waals surface area contributed by atoms with E-state index in [0.29, 0.717) is 12.3 Å². The van der Waals surface area contributed by atoms with Crippen molar-refractivity contribution in [1.82, 2.24) is 15.2 Å². The quantitative estimate of drug-likeness (QED) is 0.332. The van der Waals surface area contributed by atoms with Crippen molar-refractivity contribution in [2.75, 3.05) is 6.61 Å². The molecule has 1 aromatic heterocycles. The highest BCUT2D eigenvalue weighted by Gasteiger charge is 2.51.